The van der Waals surface area contributed by atoms with Crippen LogP contribution in [0.4, 0.5) is 9.59 Å². The van der Waals surface area contributed by atoms with E-state index in [2.05, 4.69) is 24.5 Å². The largest absolute Gasteiger partial charge is 0.412 e. The van der Waals surface area contributed by atoms with E-state index in [1.165, 1.54) is 0 Å². The van der Waals surface area contributed by atoms with Gasteiger partial charge in [-0.05, 0) is 48.2 Å². The van der Waals surface area contributed by atoms with Gasteiger partial charge in [0.25, 0.3) is 0 Å². The maximum atomic E-state index is 11.7. The van der Waals surface area contributed by atoms with Crippen LogP contribution in [0.5, 0.6) is 11.5 Å². The number of rotatable bonds is 8. The van der Waals surface area contributed by atoms with E-state index in [0.29, 0.717) is 24.6 Å². The van der Waals surface area contributed by atoms with Crippen molar-refractivity contribution in [2.75, 3.05) is 13.1 Å². The molecule has 0 unspecified atom stereocenters. The number of ether oxygens (including phenoxy) is 2. The van der Waals surface area contributed by atoms with Gasteiger partial charge in [0.2, 0.25) is 0 Å². The SMILES string of the molecule is CCCNC(=O)Oc1ccc(C(C)(C)c2ccc(OC(=O)NCCC)cc2)cc1. The molecule has 2 aromatic rings. The molecule has 0 saturated carbocycles. The molecule has 0 aliphatic heterocycles. The fraction of sp³-hybridized carbons (Fsp3) is 0.391. The van der Waals surface area contributed by atoms with E-state index in [0.717, 1.165) is 24.0 Å². The van der Waals surface area contributed by atoms with Crippen molar-refractivity contribution < 1.29 is 19.1 Å². The van der Waals surface area contributed by atoms with Gasteiger partial charge in [-0.3, -0.25) is 0 Å². The molecular formula is C23H30N2O4. The molecule has 0 aromatic heterocycles. The second-order valence-electron chi connectivity index (χ2n) is 7.31. The molecule has 0 fully saturated rings. The fourth-order valence-corrected chi connectivity index (χ4v) is 2.79. The molecule has 6 heteroatoms. The Bertz CT molecular complexity index is 731. The molecule has 0 spiro atoms. The Labute approximate surface area is 172 Å². The summed E-state index contributed by atoms with van der Waals surface area (Å²) in [5.41, 5.74) is 1.88. The average molecular weight is 399 g/mol. The summed E-state index contributed by atoms with van der Waals surface area (Å²) in [6, 6.07) is 15.0. The van der Waals surface area contributed by atoms with E-state index in [1.807, 2.05) is 38.1 Å². The zero-order valence-corrected chi connectivity index (χ0v) is 17.6. The van der Waals surface area contributed by atoms with Crippen molar-refractivity contribution in [2.24, 2.45) is 0 Å². The Morgan fingerprint density at radius 3 is 1.38 bits per heavy atom. The predicted molar refractivity (Wildman–Crippen MR) is 114 cm³/mol. The lowest BCUT2D eigenvalue weighted by molar-refractivity contribution is 0.199. The normalized spacial score (nSPS) is 10.9. The van der Waals surface area contributed by atoms with E-state index in [4.69, 9.17) is 9.47 Å². The quantitative estimate of drug-likeness (QED) is 0.655. The highest BCUT2D eigenvalue weighted by atomic mass is 16.6. The highest BCUT2D eigenvalue weighted by Gasteiger charge is 2.23. The lowest BCUT2D eigenvalue weighted by Gasteiger charge is -2.26. The van der Waals surface area contributed by atoms with Crippen LogP contribution in [0.3, 0.4) is 0 Å². The number of hydrogen-bond donors (Lipinski definition) is 2. The molecule has 0 heterocycles. The number of benzene rings is 2. The molecule has 0 aliphatic rings. The van der Waals surface area contributed by atoms with E-state index in [-0.39, 0.29) is 5.41 Å². The maximum Gasteiger partial charge on any atom is 0.412 e. The first-order valence-electron chi connectivity index (χ1n) is 9.99. The second-order valence-corrected chi connectivity index (χ2v) is 7.31. The van der Waals surface area contributed by atoms with Crippen LogP contribution >= 0.6 is 0 Å². The zero-order chi connectivity index (χ0) is 21.3. The maximum absolute atomic E-state index is 11.7. The number of nitrogens with one attached hydrogen (secondary N) is 2. The molecule has 29 heavy (non-hydrogen) atoms. The van der Waals surface area contributed by atoms with E-state index >= 15 is 0 Å². The second kappa shape index (κ2) is 10.5. The van der Waals surface area contributed by atoms with Gasteiger partial charge in [-0.15, -0.1) is 0 Å². The third kappa shape index (κ3) is 6.52. The molecule has 2 amide bonds. The first-order chi connectivity index (χ1) is 13.9. The molecule has 2 aromatic carbocycles. The van der Waals surface area contributed by atoms with Gasteiger partial charge >= 0.3 is 12.2 Å². The summed E-state index contributed by atoms with van der Waals surface area (Å²) >= 11 is 0. The topological polar surface area (TPSA) is 76.7 Å². The van der Waals surface area contributed by atoms with Crippen molar-refractivity contribution in [3.8, 4) is 11.5 Å². The molecule has 6 nitrogen and oxygen atoms in total. The summed E-state index contributed by atoms with van der Waals surface area (Å²) in [6.07, 6.45) is 0.820. The summed E-state index contributed by atoms with van der Waals surface area (Å²) in [7, 11) is 0. The monoisotopic (exact) mass is 398 g/mol. The van der Waals surface area contributed by atoms with Crippen LogP contribution in [-0.4, -0.2) is 25.3 Å². The van der Waals surface area contributed by atoms with Gasteiger partial charge in [-0.2, -0.15) is 0 Å². The molecule has 2 rings (SSSR count). The van der Waals surface area contributed by atoms with Gasteiger partial charge in [0.05, 0.1) is 0 Å². The minimum absolute atomic E-state index is 0.272. The number of hydrogen-bond acceptors (Lipinski definition) is 4. The summed E-state index contributed by atoms with van der Waals surface area (Å²) in [6.45, 7) is 9.36. The average Bonchev–Trinajstić information content (AvgIpc) is 2.71. The van der Waals surface area contributed by atoms with Gasteiger partial charge in [-0.25, -0.2) is 9.59 Å². The lowest BCUT2D eigenvalue weighted by Crippen LogP contribution is -2.27. The summed E-state index contributed by atoms with van der Waals surface area (Å²) in [5.74, 6) is 1.000. The third-order valence-corrected chi connectivity index (χ3v) is 4.61. The van der Waals surface area contributed by atoms with Crippen LogP contribution in [0.1, 0.15) is 51.7 Å². The van der Waals surface area contributed by atoms with Crippen molar-refractivity contribution in [3.05, 3.63) is 59.7 Å². The Kier molecular flexibility index (Phi) is 8.07. The molecule has 156 valence electrons. The summed E-state index contributed by atoms with van der Waals surface area (Å²) in [5, 5.41) is 5.36. The fourth-order valence-electron chi connectivity index (χ4n) is 2.79. The predicted octanol–water partition coefficient (Wildman–Crippen LogP) is 5.01. The van der Waals surface area contributed by atoms with Crippen molar-refractivity contribution in [2.45, 2.75) is 46.0 Å². The van der Waals surface area contributed by atoms with Crippen LogP contribution in [0.15, 0.2) is 48.5 Å². The molecule has 2 N–H and O–H groups in total. The third-order valence-electron chi connectivity index (χ3n) is 4.61. The zero-order valence-electron chi connectivity index (χ0n) is 17.6. The Morgan fingerprint density at radius 2 is 1.07 bits per heavy atom. The first-order valence-corrected chi connectivity index (χ1v) is 9.99. The summed E-state index contributed by atoms with van der Waals surface area (Å²) in [4.78, 5) is 23.3. The molecule has 0 aliphatic carbocycles. The smallest absolute Gasteiger partial charge is 0.410 e. The minimum atomic E-state index is -0.447. The molecule has 0 atom stereocenters. The molecular weight excluding hydrogens is 368 g/mol. The standard InChI is InChI=1S/C23H30N2O4/c1-5-15-24-21(26)28-19-11-7-17(8-12-19)23(3,4)18-9-13-20(14-10-18)29-22(27)25-16-6-2/h7-14H,5-6,15-16H2,1-4H3,(H,24,26)(H,25,27). The van der Waals surface area contributed by atoms with Gasteiger partial charge < -0.3 is 20.1 Å². The van der Waals surface area contributed by atoms with Crippen molar-refractivity contribution in [1.29, 1.82) is 0 Å². The highest BCUT2D eigenvalue weighted by Crippen LogP contribution is 2.33. The van der Waals surface area contributed by atoms with Gasteiger partial charge in [0.1, 0.15) is 11.5 Å². The Balaban J connectivity index is 2.04. The van der Waals surface area contributed by atoms with E-state index < -0.39 is 12.2 Å². The van der Waals surface area contributed by atoms with Crippen molar-refractivity contribution >= 4 is 12.2 Å². The molecule has 0 bridgehead atoms. The number of amides is 2. The van der Waals surface area contributed by atoms with E-state index in [9.17, 15) is 9.59 Å². The van der Waals surface area contributed by atoms with Gasteiger partial charge in [-0.1, -0.05) is 52.0 Å². The summed E-state index contributed by atoms with van der Waals surface area (Å²) < 4.78 is 10.5. The minimum Gasteiger partial charge on any atom is -0.410 e. The highest BCUT2D eigenvalue weighted by molar-refractivity contribution is 5.70. The Morgan fingerprint density at radius 1 is 0.724 bits per heavy atom. The van der Waals surface area contributed by atoms with Crippen molar-refractivity contribution in [3.63, 3.8) is 0 Å². The lowest BCUT2D eigenvalue weighted by atomic mass is 9.78. The van der Waals surface area contributed by atoms with Crippen LogP contribution in [0, 0.1) is 0 Å². The first kappa shape index (κ1) is 22.3. The van der Waals surface area contributed by atoms with Gasteiger partial charge in [0.15, 0.2) is 0 Å². The molecule has 0 radical (unpaired) electrons. The van der Waals surface area contributed by atoms with Crippen LogP contribution in [0.25, 0.3) is 0 Å². The van der Waals surface area contributed by atoms with Crippen LogP contribution in [0.2, 0.25) is 0 Å². The van der Waals surface area contributed by atoms with Crippen LogP contribution < -0.4 is 20.1 Å². The number of carbonyl (C=O) groups is 2. The van der Waals surface area contributed by atoms with E-state index in [1.54, 1.807) is 24.3 Å². The Hall–Kier alpha value is -3.02. The van der Waals surface area contributed by atoms with Gasteiger partial charge in [0, 0.05) is 18.5 Å². The van der Waals surface area contributed by atoms with Crippen molar-refractivity contribution in [1.82, 2.24) is 10.6 Å². The van der Waals surface area contributed by atoms with Crippen LogP contribution in [-0.2, 0) is 5.41 Å². The molecule has 0 saturated heterocycles. The number of carbonyl (C=O) groups excluding carboxylic acids is 2.